The Morgan fingerprint density at radius 2 is 1.61 bits per heavy atom. The summed E-state index contributed by atoms with van der Waals surface area (Å²) >= 11 is 0. The molecule has 0 bridgehead atoms. The highest BCUT2D eigenvalue weighted by atomic mass is 15.1. The van der Waals surface area contributed by atoms with Crippen LogP contribution in [0.3, 0.4) is 0 Å². The second-order valence-electron chi connectivity index (χ2n) is 14.3. The Morgan fingerprint density at radius 1 is 0.868 bits per heavy atom. The number of hydrogen-bond acceptors (Lipinski definition) is 0. The molecule has 0 saturated heterocycles. The molecule has 0 amide bonds. The molecular formula is C37H50N+. The topological polar surface area (TPSA) is 3.88 Å². The van der Waals surface area contributed by atoms with Crippen LogP contribution in [0.5, 0.6) is 0 Å². The van der Waals surface area contributed by atoms with Crippen molar-refractivity contribution in [3.63, 3.8) is 0 Å². The van der Waals surface area contributed by atoms with Crippen molar-refractivity contribution < 1.29 is 4.57 Å². The number of rotatable bonds is 5. The van der Waals surface area contributed by atoms with Gasteiger partial charge in [0, 0.05) is 18.9 Å². The number of benzene rings is 2. The molecular weight excluding hydrogens is 458 g/mol. The maximum absolute atomic E-state index is 2.62. The molecule has 2 aromatic carbocycles. The molecule has 1 aliphatic carbocycles. The number of hydrogen-bond donors (Lipinski definition) is 0. The van der Waals surface area contributed by atoms with E-state index in [0.717, 1.165) is 12.8 Å². The molecule has 2 heterocycles. The van der Waals surface area contributed by atoms with Gasteiger partial charge in [0.25, 0.3) is 0 Å². The molecule has 0 spiro atoms. The summed E-state index contributed by atoms with van der Waals surface area (Å²) in [6, 6.07) is 14.8. The number of fused-ring (bicyclic) bond motifs is 6. The highest BCUT2D eigenvalue weighted by Crippen LogP contribution is 2.50. The zero-order valence-corrected chi connectivity index (χ0v) is 25.6. The molecule has 0 fully saturated rings. The minimum Gasteiger partial charge on any atom is -0.189 e. The fraction of sp³-hybridized carbons (Fsp3) is 0.541. The molecule has 1 atom stereocenters. The normalized spacial score (nSPS) is 21.5. The van der Waals surface area contributed by atoms with Gasteiger partial charge in [0.2, 0.25) is 5.69 Å². The van der Waals surface area contributed by atoms with E-state index < -0.39 is 0 Å². The van der Waals surface area contributed by atoms with E-state index in [1.54, 1.807) is 11.1 Å². The van der Waals surface area contributed by atoms with E-state index in [1.165, 1.54) is 65.3 Å². The standard InChI is InChI=1S/C37H50N/c1-10-13-18-36(9)21-20-35(7,8)31-25-30-27(24-32(31)36)17-22-38-33(30)29-15-14-28(34(4,5)6)23-26(29)16-19-37(38,11-2)12-3/h14-17,19,22-25H,10-13,18,20-21H2,1-9H3/q+1. The quantitative estimate of drug-likeness (QED) is 0.302. The maximum Gasteiger partial charge on any atom is 0.221 e. The fourth-order valence-corrected chi connectivity index (χ4v) is 7.24. The summed E-state index contributed by atoms with van der Waals surface area (Å²) in [5.41, 5.74) is 9.26. The second kappa shape index (κ2) is 9.35. The monoisotopic (exact) mass is 508 g/mol. The van der Waals surface area contributed by atoms with E-state index in [4.69, 9.17) is 0 Å². The number of aromatic nitrogens is 1. The van der Waals surface area contributed by atoms with Crippen molar-refractivity contribution in [2.45, 2.75) is 129 Å². The van der Waals surface area contributed by atoms with Gasteiger partial charge in [-0.25, -0.2) is 0 Å². The van der Waals surface area contributed by atoms with Crippen molar-refractivity contribution in [1.29, 1.82) is 0 Å². The Labute approximate surface area is 232 Å². The lowest BCUT2D eigenvalue weighted by Crippen LogP contribution is -2.55. The van der Waals surface area contributed by atoms with E-state index in [1.807, 2.05) is 0 Å². The van der Waals surface area contributed by atoms with Crippen molar-refractivity contribution in [3.8, 4) is 11.3 Å². The summed E-state index contributed by atoms with van der Waals surface area (Å²) in [7, 11) is 0. The van der Waals surface area contributed by atoms with Gasteiger partial charge in [-0.2, -0.15) is 4.57 Å². The van der Waals surface area contributed by atoms with Crippen LogP contribution in [0.15, 0.2) is 48.7 Å². The first-order valence-electron chi connectivity index (χ1n) is 15.3. The van der Waals surface area contributed by atoms with Crippen LogP contribution < -0.4 is 4.57 Å². The highest BCUT2D eigenvalue weighted by Gasteiger charge is 2.42. The van der Waals surface area contributed by atoms with Crippen molar-refractivity contribution in [2.24, 2.45) is 0 Å². The van der Waals surface area contributed by atoms with E-state index in [0.29, 0.717) is 0 Å². The smallest absolute Gasteiger partial charge is 0.189 e. The first kappa shape index (κ1) is 27.2. The van der Waals surface area contributed by atoms with E-state index in [2.05, 4.69) is 122 Å². The highest BCUT2D eigenvalue weighted by molar-refractivity contribution is 5.96. The van der Waals surface area contributed by atoms with Crippen molar-refractivity contribution in [2.75, 3.05) is 0 Å². The Morgan fingerprint density at radius 3 is 2.26 bits per heavy atom. The minimum absolute atomic E-state index is 0.0223. The minimum atomic E-state index is -0.0223. The van der Waals surface area contributed by atoms with Crippen LogP contribution in [0, 0.1) is 0 Å². The summed E-state index contributed by atoms with van der Waals surface area (Å²) in [6.45, 7) is 21.5. The summed E-state index contributed by atoms with van der Waals surface area (Å²) in [6.07, 6.45) is 15.9. The van der Waals surface area contributed by atoms with Gasteiger partial charge in [-0.05, 0) is 87.4 Å². The van der Waals surface area contributed by atoms with Crippen LogP contribution >= 0.6 is 0 Å². The second-order valence-corrected chi connectivity index (χ2v) is 14.3. The first-order valence-corrected chi connectivity index (χ1v) is 15.3. The number of nitrogens with zero attached hydrogens (tertiary/aromatic N) is 1. The Hall–Kier alpha value is -2.41. The summed E-state index contributed by atoms with van der Waals surface area (Å²) in [5, 5.41) is 2.81. The molecule has 1 aliphatic heterocycles. The van der Waals surface area contributed by atoms with E-state index >= 15 is 0 Å². The molecule has 0 N–H and O–H groups in total. The van der Waals surface area contributed by atoms with Crippen LogP contribution in [0.2, 0.25) is 0 Å². The average Bonchev–Trinajstić information content (AvgIpc) is 3.03. The third-order valence-electron chi connectivity index (χ3n) is 10.3. The molecule has 1 heteroatoms. The maximum atomic E-state index is 2.62. The van der Waals surface area contributed by atoms with Gasteiger partial charge in [-0.1, -0.05) is 93.4 Å². The zero-order valence-electron chi connectivity index (χ0n) is 25.6. The summed E-state index contributed by atoms with van der Waals surface area (Å²) in [4.78, 5) is 0. The number of unbranched alkanes of at least 4 members (excludes halogenated alkanes) is 1. The summed E-state index contributed by atoms with van der Waals surface area (Å²) < 4.78 is 2.62. The third-order valence-corrected chi connectivity index (χ3v) is 10.3. The lowest BCUT2D eigenvalue weighted by Gasteiger charge is -2.44. The van der Waals surface area contributed by atoms with Crippen LogP contribution in [-0.4, -0.2) is 0 Å². The Balaban J connectivity index is 1.86. The fourth-order valence-electron chi connectivity index (χ4n) is 7.24. The molecule has 2 aliphatic rings. The molecule has 1 nitrogen and oxygen atoms in total. The van der Waals surface area contributed by atoms with Crippen molar-refractivity contribution in [1.82, 2.24) is 0 Å². The van der Waals surface area contributed by atoms with Crippen molar-refractivity contribution >= 4 is 16.8 Å². The lowest BCUT2D eigenvalue weighted by molar-refractivity contribution is -0.742. The zero-order chi connectivity index (χ0) is 27.5. The number of pyridine rings is 1. The van der Waals surface area contributed by atoms with Gasteiger partial charge in [0.1, 0.15) is 0 Å². The van der Waals surface area contributed by atoms with Crippen LogP contribution in [0.25, 0.3) is 28.1 Å². The van der Waals surface area contributed by atoms with Crippen LogP contribution in [0.1, 0.15) is 130 Å². The largest absolute Gasteiger partial charge is 0.221 e. The molecule has 1 unspecified atom stereocenters. The van der Waals surface area contributed by atoms with Gasteiger partial charge in [-0.15, -0.1) is 0 Å². The van der Waals surface area contributed by atoms with Gasteiger partial charge in [-0.3, -0.25) is 0 Å². The SMILES string of the molecule is CCCCC1(C)CCC(C)(C)c2cc3c4[n+](ccc3cc21)C(CC)(CC)C=Cc1cc(C(C)(C)C)ccc1-4. The summed E-state index contributed by atoms with van der Waals surface area (Å²) in [5.74, 6) is 0. The van der Waals surface area contributed by atoms with Gasteiger partial charge < -0.3 is 0 Å². The van der Waals surface area contributed by atoms with E-state index in [9.17, 15) is 0 Å². The van der Waals surface area contributed by atoms with Crippen LogP contribution in [-0.2, 0) is 21.8 Å². The average molecular weight is 509 g/mol. The molecule has 202 valence electrons. The van der Waals surface area contributed by atoms with Crippen LogP contribution in [0.4, 0.5) is 0 Å². The molecule has 0 radical (unpaired) electrons. The molecule has 5 rings (SSSR count). The van der Waals surface area contributed by atoms with Crippen molar-refractivity contribution in [3.05, 3.63) is 70.9 Å². The molecule has 0 saturated carbocycles. The number of allylic oxidation sites excluding steroid dienone is 1. The van der Waals surface area contributed by atoms with Gasteiger partial charge >= 0.3 is 0 Å². The first-order chi connectivity index (χ1) is 17.9. The Bertz CT molecular complexity index is 1390. The van der Waals surface area contributed by atoms with Gasteiger partial charge in [0.05, 0.1) is 10.9 Å². The predicted octanol–water partition coefficient (Wildman–Crippen LogP) is 10.2. The van der Waals surface area contributed by atoms with E-state index in [-0.39, 0.29) is 21.8 Å². The lowest BCUT2D eigenvalue weighted by atomic mass is 9.60. The third kappa shape index (κ3) is 4.25. The molecule has 38 heavy (non-hydrogen) atoms. The van der Waals surface area contributed by atoms with Gasteiger partial charge in [0.15, 0.2) is 11.7 Å². The Kier molecular flexibility index (Phi) is 6.69. The molecule has 1 aromatic heterocycles. The molecule has 3 aromatic rings. The predicted molar refractivity (Wildman–Crippen MR) is 165 cm³/mol.